The number of hydrogen-bond acceptors (Lipinski definition) is 2. The van der Waals surface area contributed by atoms with Crippen LogP contribution in [-0.4, -0.2) is 10.5 Å². The molecule has 0 aliphatic rings. The van der Waals surface area contributed by atoms with E-state index < -0.39 is 0 Å². The van der Waals surface area contributed by atoms with E-state index in [1.165, 1.54) is 16.9 Å². The number of carbonyl (C=O) groups is 1. The van der Waals surface area contributed by atoms with Gasteiger partial charge in [0.1, 0.15) is 0 Å². The Labute approximate surface area is 146 Å². The highest BCUT2D eigenvalue weighted by Gasteiger charge is 2.08. The fourth-order valence-electron chi connectivity index (χ4n) is 2.32. The number of amides is 1. The molecule has 3 nitrogen and oxygen atoms in total. The lowest BCUT2D eigenvalue weighted by Gasteiger charge is -2.01. The van der Waals surface area contributed by atoms with Crippen LogP contribution in [0.5, 0.6) is 0 Å². The molecule has 23 heavy (non-hydrogen) atoms. The summed E-state index contributed by atoms with van der Waals surface area (Å²) in [5.41, 5.74) is 2.84. The number of rotatable bonds is 3. The van der Waals surface area contributed by atoms with Gasteiger partial charge in [0.15, 0.2) is 4.80 Å². The Bertz CT molecular complexity index is 951. The van der Waals surface area contributed by atoms with Crippen LogP contribution in [0.25, 0.3) is 10.2 Å². The van der Waals surface area contributed by atoms with E-state index in [4.69, 9.17) is 0 Å². The molecule has 116 valence electrons. The number of thiazole rings is 1. The zero-order chi connectivity index (χ0) is 16.4. The average Bonchev–Trinajstić information content (AvgIpc) is 2.85. The minimum absolute atomic E-state index is 0.237. The molecule has 1 aromatic heterocycles. The average molecular weight is 387 g/mol. The van der Waals surface area contributed by atoms with Gasteiger partial charge in [-0.2, -0.15) is 4.99 Å². The highest BCUT2D eigenvalue weighted by atomic mass is 79.9. The summed E-state index contributed by atoms with van der Waals surface area (Å²) in [4.78, 5) is 17.4. The first-order valence-corrected chi connectivity index (χ1v) is 8.75. The molecule has 1 amide bonds. The van der Waals surface area contributed by atoms with Crippen LogP contribution in [0, 0.1) is 6.92 Å². The predicted octanol–water partition coefficient (Wildman–Crippen LogP) is 4.70. The summed E-state index contributed by atoms with van der Waals surface area (Å²) >= 11 is 4.89. The zero-order valence-electron chi connectivity index (χ0n) is 12.6. The van der Waals surface area contributed by atoms with Crippen LogP contribution in [-0.2, 0) is 6.54 Å². The number of nitrogens with zero attached hydrogens (tertiary/aromatic N) is 2. The number of benzene rings is 2. The number of halogens is 1. The molecule has 3 aromatic rings. The lowest BCUT2D eigenvalue weighted by molar-refractivity contribution is 0.0998. The lowest BCUT2D eigenvalue weighted by atomic mass is 10.2. The molecule has 0 spiro atoms. The van der Waals surface area contributed by atoms with Crippen molar-refractivity contribution in [3.05, 3.63) is 75.5 Å². The van der Waals surface area contributed by atoms with Crippen molar-refractivity contribution >= 4 is 43.4 Å². The Morgan fingerprint density at radius 3 is 2.74 bits per heavy atom. The normalized spacial score (nSPS) is 11.8. The third-order valence-corrected chi connectivity index (χ3v) is 5.01. The van der Waals surface area contributed by atoms with E-state index in [0.717, 1.165) is 14.7 Å². The summed E-state index contributed by atoms with van der Waals surface area (Å²) in [5, 5.41) is 0. The molecule has 5 heteroatoms. The molecule has 2 aromatic carbocycles. The quantitative estimate of drug-likeness (QED) is 0.600. The number of fused-ring (bicyclic) bond motifs is 1. The standard InChI is InChI=1S/C18H15BrN2OS/c1-3-10-21-15-9-4-12(2)11-16(15)23-18(21)20-17(22)13-5-7-14(19)8-6-13/h3-9,11H,1,10H2,2H3. The first-order valence-electron chi connectivity index (χ1n) is 7.14. The van der Waals surface area contributed by atoms with Crippen molar-refractivity contribution in [2.24, 2.45) is 4.99 Å². The van der Waals surface area contributed by atoms with Crippen LogP contribution in [0.4, 0.5) is 0 Å². The van der Waals surface area contributed by atoms with Crippen LogP contribution in [0.3, 0.4) is 0 Å². The topological polar surface area (TPSA) is 34.4 Å². The van der Waals surface area contributed by atoms with Gasteiger partial charge in [0.25, 0.3) is 5.91 Å². The molecule has 0 aliphatic carbocycles. The summed E-state index contributed by atoms with van der Waals surface area (Å²) in [6.45, 7) is 6.48. The molecular formula is C18H15BrN2OS. The maximum atomic E-state index is 12.4. The summed E-state index contributed by atoms with van der Waals surface area (Å²) in [6.07, 6.45) is 1.81. The zero-order valence-corrected chi connectivity index (χ0v) is 15.0. The van der Waals surface area contributed by atoms with Gasteiger partial charge in [0, 0.05) is 16.6 Å². The van der Waals surface area contributed by atoms with Gasteiger partial charge >= 0.3 is 0 Å². The summed E-state index contributed by atoms with van der Waals surface area (Å²) in [7, 11) is 0. The number of carbonyl (C=O) groups excluding carboxylic acids is 1. The molecule has 3 rings (SSSR count). The van der Waals surface area contributed by atoms with Gasteiger partial charge in [-0.05, 0) is 48.9 Å². The van der Waals surface area contributed by atoms with Crippen molar-refractivity contribution < 1.29 is 4.79 Å². The maximum Gasteiger partial charge on any atom is 0.279 e. The van der Waals surface area contributed by atoms with Gasteiger partial charge in [-0.25, -0.2) is 0 Å². The van der Waals surface area contributed by atoms with Gasteiger partial charge in [-0.3, -0.25) is 4.79 Å². The summed E-state index contributed by atoms with van der Waals surface area (Å²) in [5.74, 6) is -0.237. The largest absolute Gasteiger partial charge is 0.312 e. The van der Waals surface area contributed by atoms with Gasteiger partial charge in [0.2, 0.25) is 0 Å². The van der Waals surface area contributed by atoms with Crippen molar-refractivity contribution in [2.45, 2.75) is 13.5 Å². The van der Waals surface area contributed by atoms with Crippen molar-refractivity contribution in [1.82, 2.24) is 4.57 Å². The van der Waals surface area contributed by atoms with E-state index in [-0.39, 0.29) is 5.91 Å². The SMILES string of the molecule is C=CCn1c(=NC(=O)c2ccc(Br)cc2)sc2cc(C)ccc21. The van der Waals surface area contributed by atoms with E-state index in [9.17, 15) is 4.79 Å². The molecule has 0 radical (unpaired) electrons. The number of aromatic nitrogens is 1. The highest BCUT2D eigenvalue weighted by molar-refractivity contribution is 9.10. The van der Waals surface area contributed by atoms with E-state index in [0.29, 0.717) is 16.9 Å². The maximum absolute atomic E-state index is 12.4. The molecule has 0 bridgehead atoms. The van der Waals surface area contributed by atoms with Crippen LogP contribution >= 0.6 is 27.3 Å². The summed E-state index contributed by atoms with van der Waals surface area (Å²) in [6, 6.07) is 13.5. The summed E-state index contributed by atoms with van der Waals surface area (Å²) < 4.78 is 4.07. The molecule has 0 unspecified atom stereocenters. The van der Waals surface area contributed by atoms with Gasteiger partial charge in [-0.1, -0.05) is 39.4 Å². The van der Waals surface area contributed by atoms with Crippen molar-refractivity contribution in [3.8, 4) is 0 Å². The van der Waals surface area contributed by atoms with Crippen LogP contribution in [0.1, 0.15) is 15.9 Å². The molecular weight excluding hydrogens is 372 g/mol. The van der Waals surface area contributed by atoms with Crippen molar-refractivity contribution in [3.63, 3.8) is 0 Å². The van der Waals surface area contributed by atoms with E-state index in [2.05, 4.69) is 52.6 Å². The monoisotopic (exact) mass is 386 g/mol. The molecule has 0 saturated heterocycles. The molecule has 0 fully saturated rings. The molecule has 0 saturated carbocycles. The van der Waals surface area contributed by atoms with E-state index in [1.807, 2.05) is 22.8 Å². The van der Waals surface area contributed by atoms with Gasteiger partial charge in [0.05, 0.1) is 10.2 Å². The Kier molecular flexibility index (Phi) is 4.59. The lowest BCUT2D eigenvalue weighted by Crippen LogP contribution is -2.16. The third-order valence-electron chi connectivity index (χ3n) is 3.44. The molecule has 0 N–H and O–H groups in total. The minimum atomic E-state index is -0.237. The smallest absolute Gasteiger partial charge is 0.279 e. The van der Waals surface area contributed by atoms with E-state index >= 15 is 0 Å². The Morgan fingerprint density at radius 2 is 2.04 bits per heavy atom. The van der Waals surface area contributed by atoms with Gasteiger partial charge < -0.3 is 4.57 Å². The van der Waals surface area contributed by atoms with Crippen molar-refractivity contribution in [1.29, 1.82) is 0 Å². The molecule has 1 heterocycles. The Hall–Kier alpha value is -1.98. The van der Waals surface area contributed by atoms with Gasteiger partial charge in [-0.15, -0.1) is 6.58 Å². The second-order valence-corrected chi connectivity index (χ2v) is 7.10. The van der Waals surface area contributed by atoms with Crippen LogP contribution in [0.2, 0.25) is 0 Å². The molecule has 0 aliphatic heterocycles. The highest BCUT2D eigenvalue weighted by Crippen LogP contribution is 2.19. The predicted molar refractivity (Wildman–Crippen MR) is 98.8 cm³/mol. The number of hydrogen-bond donors (Lipinski definition) is 0. The number of aryl methyl sites for hydroxylation is 1. The van der Waals surface area contributed by atoms with Crippen LogP contribution < -0.4 is 4.80 Å². The third kappa shape index (κ3) is 3.35. The van der Waals surface area contributed by atoms with Crippen LogP contribution in [0.15, 0.2) is 64.6 Å². The van der Waals surface area contributed by atoms with E-state index in [1.54, 1.807) is 12.1 Å². The fraction of sp³-hybridized carbons (Fsp3) is 0.111. The Balaban J connectivity index is 2.13. The second-order valence-electron chi connectivity index (χ2n) is 5.18. The molecule has 0 atom stereocenters. The fourth-order valence-corrected chi connectivity index (χ4v) is 3.72. The Morgan fingerprint density at radius 1 is 1.30 bits per heavy atom. The van der Waals surface area contributed by atoms with Crippen molar-refractivity contribution in [2.75, 3.05) is 0 Å². The first kappa shape index (κ1) is 15.9. The second kappa shape index (κ2) is 6.64. The first-order chi connectivity index (χ1) is 11.1. The minimum Gasteiger partial charge on any atom is -0.312 e. The number of allylic oxidation sites excluding steroid dienone is 1.